The first-order valence-corrected chi connectivity index (χ1v) is 13.2. The Hall–Kier alpha value is -5.35. The lowest BCUT2D eigenvalue weighted by Gasteiger charge is -2.24. The number of anilines is 3. The van der Waals surface area contributed by atoms with Gasteiger partial charge in [0.05, 0.1) is 5.69 Å². The van der Waals surface area contributed by atoms with Gasteiger partial charge in [-0.1, -0.05) is 91.0 Å². The average Bonchev–Trinajstić information content (AvgIpc) is 3.01. The van der Waals surface area contributed by atoms with Gasteiger partial charge in [-0.15, -0.1) is 0 Å². The SMILES string of the molecule is Fc1cccc(N(c2ccccc2)c2ccc(-c3c4ccccc4c(-c4ccccn4)c4ccccc34)cc2)n1. The van der Waals surface area contributed by atoms with Gasteiger partial charge in [-0.2, -0.15) is 4.39 Å². The van der Waals surface area contributed by atoms with Crippen molar-refractivity contribution in [1.29, 1.82) is 0 Å². The number of nitrogens with zero attached hydrogens (tertiary/aromatic N) is 3. The highest BCUT2D eigenvalue weighted by atomic mass is 19.1. The van der Waals surface area contributed by atoms with Crippen molar-refractivity contribution in [1.82, 2.24) is 9.97 Å². The maximum atomic E-state index is 14.2. The van der Waals surface area contributed by atoms with Gasteiger partial charge in [-0.3, -0.25) is 9.88 Å². The highest BCUT2D eigenvalue weighted by Gasteiger charge is 2.18. The fourth-order valence-electron chi connectivity index (χ4n) is 5.52. The molecular formula is C36H24FN3. The summed E-state index contributed by atoms with van der Waals surface area (Å²) < 4.78 is 14.2. The van der Waals surface area contributed by atoms with Crippen molar-refractivity contribution in [2.45, 2.75) is 0 Å². The van der Waals surface area contributed by atoms with Crippen LogP contribution < -0.4 is 4.90 Å². The first-order valence-electron chi connectivity index (χ1n) is 13.2. The second kappa shape index (κ2) is 10.1. The van der Waals surface area contributed by atoms with E-state index in [9.17, 15) is 4.39 Å². The standard InChI is InChI=1S/C36H24FN3/c37-33-18-10-19-34(39-33)40(26-11-2-1-3-12-26)27-22-20-25(21-23-27)35-28-13-4-6-15-30(28)36(32-17-8-9-24-38-32)31-16-7-5-14-29(31)35/h1-24H. The molecule has 0 amide bonds. The van der Waals surface area contributed by atoms with Crippen LogP contribution in [0.15, 0.2) is 146 Å². The van der Waals surface area contributed by atoms with Crippen LogP contribution in [0.25, 0.3) is 43.9 Å². The molecule has 0 bridgehead atoms. The molecule has 0 aliphatic rings. The zero-order chi connectivity index (χ0) is 26.9. The van der Waals surface area contributed by atoms with Crippen molar-refractivity contribution in [3.63, 3.8) is 0 Å². The second-order valence-electron chi connectivity index (χ2n) is 9.59. The summed E-state index contributed by atoms with van der Waals surface area (Å²) in [6, 6.07) is 46.3. The Morgan fingerprint density at radius 3 is 1.65 bits per heavy atom. The molecule has 0 spiro atoms. The normalized spacial score (nSPS) is 11.1. The molecule has 3 nitrogen and oxygen atoms in total. The number of pyridine rings is 2. The molecule has 0 N–H and O–H groups in total. The number of hydrogen-bond donors (Lipinski definition) is 0. The first kappa shape index (κ1) is 23.7. The number of halogens is 1. The van der Waals surface area contributed by atoms with E-state index in [4.69, 9.17) is 4.98 Å². The third kappa shape index (κ3) is 4.16. The van der Waals surface area contributed by atoms with E-state index in [2.05, 4.69) is 83.8 Å². The number of fused-ring (bicyclic) bond motifs is 2. The van der Waals surface area contributed by atoms with E-state index < -0.39 is 5.95 Å². The van der Waals surface area contributed by atoms with E-state index in [0.717, 1.165) is 39.0 Å². The summed E-state index contributed by atoms with van der Waals surface area (Å²) in [7, 11) is 0. The van der Waals surface area contributed by atoms with Crippen LogP contribution in [-0.4, -0.2) is 9.97 Å². The van der Waals surface area contributed by atoms with Crippen molar-refractivity contribution in [3.8, 4) is 22.4 Å². The summed E-state index contributed by atoms with van der Waals surface area (Å²) in [5.41, 5.74) is 6.17. The topological polar surface area (TPSA) is 29.0 Å². The van der Waals surface area contributed by atoms with Crippen molar-refractivity contribution >= 4 is 38.7 Å². The molecule has 0 radical (unpaired) electrons. The van der Waals surface area contributed by atoms with E-state index in [0.29, 0.717) is 5.82 Å². The summed E-state index contributed by atoms with van der Waals surface area (Å²) in [4.78, 5) is 10.9. The summed E-state index contributed by atoms with van der Waals surface area (Å²) in [6.45, 7) is 0. The van der Waals surface area contributed by atoms with E-state index in [-0.39, 0.29) is 0 Å². The maximum absolute atomic E-state index is 14.2. The van der Waals surface area contributed by atoms with Gasteiger partial charge in [0.15, 0.2) is 0 Å². The van der Waals surface area contributed by atoms with Crippen molar-refractivity contribution in [2.24, 2.45) is 0 Å². The van der Waals surface area contributed by atoms with E-state index in [1.807, 2.05) is 59.6 Å². The largest absolute Gasteiger partial charge is 0.295 e. The number of hydrogen-bond acceptors (Lipinski definition) is 3. The molecule has 4 heteroatoms. The Kier molecular flexibility index (Phi) is 5.98. The third-order valence-electron chi connectivity index (χ3n) is 7.21. The molecule has 0 aliphatic carbocycles. The Balaban J connectivity index is 1.43. The molecule has 0 aliphatic heterocycles. The number of aromatic nitrogens is 2. The quantitative estimate of drug-likeness (QED) is 0.168. The molecule has 0 saturated heterocycles. The number of benzene rings is 5. The highest BCUT2D eigenvalue weighted by molar-refractivity contribution is 6.21. The smallest absolute Gasteiger partial charge is 0.214 e. The zero-order valence-electron chi connectivity index (χ0n) is 21.6. The fourth-order valence-corrected chi connectivity index (χ4v) is 5.52. The molecule has 5 aromatic carbocycles. The van der Waals surface area contributed by atoms with Gasteiger partial charge in [0, 0.05) is 23.1 Å². The molecule has 2 heterocycles. The van der Waals surface area contributed by atoms with Gasteiger partial charge in [0.1, 0.15) is 5.82 Å². The van der Waals surface area contributed by atoms with Crippen LogP contribution in [0.2, 0.25) is 0 Å². The molecule has 0 fully saturated rings. The Morgan fingerprint density at radius 1 is 0.475 bits per heavy atom. The maximum Gasteiger partial charge on any atom is 0.214 e. The van der Waals surface area contributed by atoms with Crippen molar-refractivity contribution in [3.05, 3.63) is 152 Å². The highest BCUT2D eigenvalue weighted by Crippen LogP contribution is 2.43. The van der Waals surface area contributed by atoms with Crippen LogP contribution in [-0.2, 0) is 0 Å². The predicted octanol–water partition coefficient (Wildman–Crippen LogP) is 9.73. The van der Waals surface area contributed by atoms with Gasteiger partial charge in [0.2, 0.25) is 5.95 Å². The summed E-state index contributed by atoms with van der Waals surface area (Å²) >= 11 is 0. The van der Waals surface area contributed by atoms with Crippen LogP contribution >= 0.6 is 0 Å². The number of para-hydroxylation sites is 1. The lowest BCUT2D eigenvalue weighted by atomic mass is 9.87. The molecule has 190 valence electrons. The lowest BCUT2D eigenvalue weighted by Crippen LogP contribution is -2.11. The minimum Gasteiger partial charge on any atom is -0.295 e. The molecule has 0 saturated carbocycles. The summed E-state index contributed by atoms with van der Waals surface area (Å²) in [6.07, 6.45) is 1.84. The monoisotopic (exact) mass is 517 g/mol. The zero-order valence-corrected chi connectivity index (χ0v) is 21.6. The van der Waals surface area contributed by atoms with E-state index >= 15 is 0 Å². The van der Waals surface area contributed by atoms with E-state index in [1.165, 1.54) is 22.4 Å². The third-order valence-corrected chi connectivity index (χ3v) is 7.21. The Bertz CT molecular complexity index is 1900. The molecule has 2 aromatic heterocycles. The minimum atomic E-state index is -0.513. The molecular weight excluding hydrogens is 493 g/mol. The molecule has 7 aromatic rings. The van der Waals surface area contributed by atoms with Crippen LogP contribution in [0.4, 0.5) is 21.6 Å². The fraction of sp³-hybridized carbons (Fsp3) is 0. The molecule has 40 heavy (non-hydrogen) atoms. The van der Waals surface area contributed by atoms with Gasteiger partial charge < -0.3 is 0 Å². The summed E-state index contributed by atoms with van der Waals surface area (Å²) in [5, 5.41) is 4.66. The van der Waals surface area contributed by atoms with Crippen LogP contribution in [0, 0.1) is 5.95 Å². The Morgan fingerprint density at radius 2 is 1.05 bits per heavy atom. The van der Waals surface area contributed by atoms with Crippen molar-refractivity contribution in [2.75, 3.05) is 4.90 Å². The molecule has 7 rings (SSSR count). The molecule has 0 unspecified atom stereocenters. The van der Waals surface area contributed by atoms with Crippen LogP contribution in [0.5, 0.6) is 0 Å². The lowest BCUT2D eigenvalue weighted by molar-refractivity contribution is 0.584. The molecule has 0 atom stereocenters. The average molecular weight is 518 g/mol. The van der Waals surface area contributed by atoms with E-state index in [1.54, 1.807) is 6.07 Å². The van der Waals surface area contributed by atoms with Crippen molar-refractivity contribution < 1.29 is 4.39 Å². The second-order valence-corrected chi connectivity index (χ2v) is 9.59. The van der Waals surface area contributed by atoms with Gasteiger partial charge in [0.25, 0.3) is 0 Å². The van der Waals surface area contributed by atoms with Gasteiger partial charge >= 0.3 is 0 Å². The van der Waals surface area contributed by atoms with Crippen LogP contribution in [0.1, 0.15) is 0 Å². The number of rotatable bonds is 5. The first-order chi connectivity index (χ1) is 19.8. The van der Waals surface area contributed by atoms with Gasteiger partial charge in [-0.25, -0.2) is 4.98 Å². The minimum absolute atomic E-state index is 0.513. The van der Waals surface area contributed by atoms with Gasteiger partial charge in [-0.05, 0) is 81.2 Å². The summed E-state index contributed by atoms with van der Waals surface area (Å²) in [5.74, 6) is 0.00977. The Labute approximate surface area is 231 Å². The van der Waals surface area contributed by atoms with Crippen LogP contribution in [0.3, 0.4) is 0 Å². The predicted molar refractivity (Wildman–Crippen MR) is 163 cm³/mol.